The maximum absolute atomic E-state index is 12.9. The van der Waals surface area contributed by atoms with Crippen LogP contribution in [0.4, 0.5) is 4.39 Å². The van der Waals surface area contributed by atoms with Crippen LogP contribution in [0.15, 0.2) is 24.3 Å². The summed E-state index contributed by atoms with van der Waals surface area (Å²) in [5, 5.41) is 3.26. The predicted molar refractivity (Wildman–Crippen MR) is 68.5 cm³/mol. The molecular formula is C14H22FNO. The van der Waals surface area contributed by atoms with Gasteiger partial charge in [-0.1, -0.05) is 26.0 Å². The van der Waals surface area contributed by atoms with E-state index in [9.17, 15) is 4.39 Å². The second-order valence-electron chi connectivity index (χ2n) is 4.48. The van der Waals surface area contributed by atoms with E-state index in [1.54, 1.807) is 0 Å². The average molecular weight is 239 g/mol. The third kappa shape index (κ3) is 3.79. The lowest BCUT2D eigenvalue weighted by Gasteiger charge is -2.30. The fraction of sp³-hybridized carbons (Fsp3) is 0.571. The lowest BCUT2D eigenvalue weighted by Crippen LogP contribution is -2.35. The Hall–Kier alpha value is -0.930. The zero-order chi connectivity index (χ0) is 12.8. The van der Waals surface area contributed by atoms with Crippen LogP contribution in [0.25, 0.3) is 0 Å². The van der Waals surface area contributed by atoms with Crippen molar-refractivity contribution in [1.29, 1.82) is 0 Å². The first kappa shape index (κ1) is 14.1. The van der Waals surface area contributed by atoms with Gasteiger partial charge in [0.1, 0.15) is 5.82 Å². The van der Waals surface area contributed by atoms with Gasteiger partial charge >= 0.3 is 0 Å². The molecule has 0 spiro atoms. The molecule has 2 unspecified atom stereocenters. The van der Waals surface area contributed by atoms with Gasteiger partial charge < -0.3 is 10.1 Å². The zero-order valence-electron chi connectivity index (χ0n) is 11.0. The number of hydrogen-bond donors (Lipinski definition) is 1. The summed E-state index contributed by atoms with van der Waals surface area (Å²) in [6.45, 7) is 6.94. The van der Waals surface area contributed by atoms with Crippen molar-refractivity contribution in [2.75, 3.05) is 13.7 Å². The molecule has 17 heavy (non-hydrogen) atoms. The van der Waals surface area contributed by atoms with E-state index in [0.29, 0.717) is 12.5 Å². The van der Waals surface area contributed by atoms with Crippen LogP contribution in [0, 0.1) is 11.7 Å². The molecule has 2 atom stereocenters. The summed E-state index contributed by atoms with van der Waals surface area (Å²) in [4.78, 5) is 0. The van der Waals surface area contributed by atoms with E-state index in [0.717, 1.165) is 5.56 Å². The van der Waals surface area contributed by atoms with Crippen LogP contribution in [0.2, 0.25) is 0 Å². The van der Waals surface area contributed by atoms with Crippen molar-refractivity contribution in [2.45, 2.75) is 32.9 Å². The molecule has 0 aliphatic rings. The molecule has 3 heteroatoms. The second-order valence-corrected chi connectivity index (χ2v) is 4.48. The van der Waals surface area contributed by atoms with Gasteiger partial charge in [-0.2, -0.15) is 0 Å². The van der Waals surface area contributed by atoms with Crippen molar-refractivity contribution >= 4 is 0 Å². The summed E-state index contributed by atoms with van der Waals surface area (Å²) in [6, 6.07) is 6.69. The highest BCUT2D eigenvalue weighted by molar-refractivity contribution is 5.21. The average Bonchev–Trinajstić information content (AvgIpc) is 2.31. The highest BCUT2D eigenvalue weighted by atomic mass is 19.1. The van der Waals surface area contributed by atoms with Crippen LogP contribution in [0.5, 0.6) is 0 Å². The van der Waals surface area contributed by atoms with Crippen LogP contribution >= 0.6 is 0 Å². The Labute approximate surface area is 103 Å². The minimum absolute atomic E-state index is 0.0930. The van der Waals surface area contributed by atoms with Crippen molar-refractivity contribution in [3.63, 3.8) is 0 Å². The normalized spacial score (nSPS) is 14.9. The molecule has 1 N–H and O–H groups in total. The standard InChI is InChI=1S/C14H22FNO/c1-5-17-14(10(2)3)13(16-4)11-6-8-12(15)9-7-11/h6-10,13-14,16H,5H2,1-4H3. The molecule has 1 aromatic rings. The molecule has 0 saturated carbocycles. The summed E-state index contributed by atoms with van der Waals surface area (Å²) >= 11 is 0. The molecule has 96 valence electrons. The first-order valence-electron chi connectivity index (χ1n) is 6.14. The molecule has 0 aliphatic carbocycles. The van der Waals surface area contributed by atoms with E-state index >= 15 is 0 Å². The van der Waals surface area contributed by atoms with E-state index < -0.39 is 0 Å². The third-order valence-electron chi connectivity index (χ3n) is 2.88. The second kappa shape index (κ2) is 6.72. The predicted octanol–water partition coefficient (Wildman–Crippen LogP) is 3.15. The number of halogens is 1. The van der Waals surface area contributed by atoms with Gasteiger partial charge in [-0.05, 0) is 37.6 Å². The molecule has 2 nitrogen and oxygen atoms in total. The van der Waals surface area contributed by atoms with Gasteiger partial charge in [0, 0.05) is 6.61 Å². The summed E-state index contributed by atoms with van der Waals surface area (Å²) < 4.78 is 18.7. The van der Waals surface area contributed by atoms with Gasteiger partial charge in [0.15, 0.2) is 0 Å². The van der Waals surface area contributed by atoms with Crippen molar-refractivity contribution < 1.29 is 9.13 Å². The smallest absolute Gasteiger partial charge is 0.123 e. The van der Waals surface area contributed by atoms with Gasteiger partial charge in [-0.25, -0.2) is 4.39 Å². The molecule has 0 amide bonds. The highest BCUT2D eigenvalue weighted by Crippen LogP contribution is 2.24. The quantitative estimate of drug-likeness (QED) is 0.823. The number of nitrogens with one attached hydrogen (secondary N) is 1. The maximum Gasteiger partial charge on any atom is 0.123 e. The van der Waals surface area contributed by atoms with Crippen molar-refractivity contribution in [1.82, 2.24) is 5.32 Å². The number of likely N-dealkylation sites (N-methyl/N-ethyl adjacent to an activating group) is 1. The zero-order valence-corrected chi connectivity index (χ0v) is 11.0. The van der Waals surface area contributed by atoms with Crippen molar-refractivity contribution in [2.24, 2.45) is 5.92 Å². The molecule has 0 aliphatic heterocycles. The van der Waals surface area contributed by atoms with Crippen LogP contribution in [-0.4, -0.2) is 19.8 Å². The molecule has 0 bridgehead atoms. The highest BCUT2D eigenvalue weighted by Gasteiger charge is 2.25. The SMILES string of the molecule is CCOC(C(C)C)C(NC)c1ccc(F)cc1. The topological polar surface area (TPSA) is 21.3 Å². The largest absolute Gasteiger partial charge is 0.376 e. The Morgan fingerprint density at radius 2 is 1.82 bits per heavy atom. The monoisotopic (exact) mass is 239 g/mol. The number of benzene rings is 1. The molecule has 0 saturated heterocycles. The van der Waals surface area contributed by atoms with Gasteiger partial charge in [0.25, 0.3) is 0 Å². The van der Waals surface area contributed by atoms with Gasteiger partial charge in [0.05, 0.1) is 12.1 Å². The number of rotatable bonds is 6. The fourth-order valence-electron chi connectivity index (χ4n) is 2.06. The Morgan fingerprint density at radius 1 is 1.24 bits per heavy atom. The first-order chi connectivity index (χ1) is 8.10. The lowest BCUT2D eigenvalue weighted by molar-refractivity contribution is 0.00459. The molecule has 0 fully saturated rings. The van der Waals surface area contributed by atoms with E-state index in [4.69, 9.17) is 4.74 Å². The summed E-state index contributed by atoms with van der Waals surface area (Å²) in [6.07, 6.45) is 0.0930. The van der Waals surface area contributed by atoms with E-state index in [2.05, 4.69) is 19.2 Å². The van der Waals surface area contributed by atoms with E-state index in [1.807, 2.05) is 26.1 Å². The summed E-state index contributed by atoms with van der Waals surface area (Å²) in [7, 11) is 1.91. The van der Waals surface area contributed by atoms with E-state index in [1.165, 1.54) is 12.1 Å². The minimum Gasteiger partial charge on any atom is -0.376 e. The number of ether oxygens (including phenoxy) is 1. The van der Waals surface area contributed by atoms with Gasteiger partial charge in [-0.3, -0.25) is 0 Å². The van der Waals surface area contributed by atoms with Crippen molar-refractivity contribution in [3.05, 3.63) is 35.6 Å². The van der Waals surface area contributed by atoms with Gasteiger partial charge in [-0.15, -0.1) is 0 Å². The Bertz CT molecular complexity index is 323. The summed E-state index contributed by atoms with van der Waals surface area (Å²) in [5.41, 5.74) is 1.06. The molecule has 1 rings (SSSR count). The fourth-order valence-corrected chi connectivity index (χ4v) is 2.06. The van der Waals surface area contributed by atoms with Crippen LogP contribution in [0.1, 0.15) is 32.4 Å². The number of hydrogen-bond acceptors (Lipinski definition) is 2. The molecular weight excluding hydrogens is 217 g/mol. The molecule has 0 heterocycles. The Kier molecular flexibility index (Phi) is 5.59. The minimum atomic E-state index is -0.207. The first-order valence-corrected chi connectivity index (χ1v) is 6.14. The van der Waals surface area contributed by atoms with Crippen LogP contribution in [-0.2, 0) is 4.74 Å². The lowest BCUT2D eigenvalue weighted by atomic mass is 9.93. The van der Waals surface area contributed by atoms with Crippen molar-refractivity contribution in [3.8, 4) is 0 Å². The molecule has 0 radical (unpaired) electrons. The van der Waals surface area contributed by atoms with Crippen LogP contribution < -0.4 is 5.32 Å². The maximum atomic E-state index is 12.9. The molecule has 1 aromatic carbocycles. The third-order valence-corrected chi connectivity index (χ3v) is 2.88. The molecule has 0 aromatic heterocycles. The Morgan fingerprint density at radius 3 is 2.24 bits per heavy atom. The van der Waals surface area contributed by atoms with E-state index in [-0.39, 0.29) is 18.0 Å². The van der Waals surface area contributed by atoms with Crippen LogP contribution in [0.3, 0.4) is 0 Å². The van der Waals surface area contributed by atoms with Gasteiger partial charge in [0.2, 0.25) is 0 Å². The summed E-state index contributed by atoms with van der Waals surface area (Å²) in [5.74, 6) is 0.193. The Balaban J connectivity index is 2.91.